The minimum Gasteiger partial charge on any atom is -0.376 e. The number of thiazole rings is 1. The van der Waals surface area contributed by atoms with Crippen molar-refractivity contribution in [2.75, 3.05) is 38.2 Å². The van der Waals surface area contributed by atoms with E-state index in [0.717, 1.165) is 37.4 Å². The normalized spacial score (nSPS) is 19.9. The standard InChI is InChI=1S/C19H26N6O4S/c1-20-17(27)12-4-6-24(7-5-12)19-23-16-15(30-19)18(28)25(11-22-16)10-14(26)21-9-13-3-2-8-29-13/h11-13H,2-10H2,1H3,(H,20,27)(H,21,26). The third kappa shape index (κ3) is 4.46. The Morgan fingerprint density at radius 3 is 2.80 bits per heavy atom. The van der Waals surface area contributed by atoms with E-state index in [4.69, 9.17) is 4.74 Å². The summed E-state index contributed by atoms with van der Waals surface area (Å²) in [5, 5.41) is 6.25. The van der Waals surface area contributed by atoms with Gasteiger partial charge in [-0.25, -0.2) is 4.98 Å². The molecule has 10 nitrogen and oxygen atoms in total. The SMILES string of the molecule is CNC(=O)C1CCN(c2nc3ncn(CC(=O)NCC4CCCO4)c(=O)c3s2)CC1. The van der Waals surface area contributed by atoms with Crippen molar-refractivity contribution in [1.29, 1.82) is 0 Å². The monoisotopic (exact) mass is 434 g/mol. The van der Waals surface area contributed by atoms with E-state index in [0.29, 0.717) is 30.0 Å². The molecule has 30 heavy (non-hydrogen) atoms. The summed E-state index contributed by atoms with van der Waals surface area (Å²) in [5.74, 6) is -0.153. The molecule has 4 heterocycles. The van der Waals surface area contributed by atoms with Crippen molar-refractivity contribution in [2.45, 2.75) is 38.3 Å². The van der Waals surface area contributed by atoms with E-state index in [1.54, 1.807) is 7.05 Å². The number of piperidine rings is 1. The molecule has 2 saturated heterocycles. The van der Waals surface area contributed by atoms with Gasteiger partial charge in [-0.3, -0.25) is 19.0 Å². The van der Waals surface area contributed by atoms with Gasteiger partial charge in [0.15, 0.2) is 10.8 Å². The molecule has 0 bridgehead atoms. The Bertz CT molecular complexity index is 975. The van der Waals surface area contributed by atoms with Crippen LogP contribution in [0.3, 0.4) is 0 Å². The van der Waals surface area contributed by atoms with Crippen molar-refractivity contribution < 1.29 is 14.3 Å². The fourth-order valence-corrected chi connectivity index (χ4v) is 4.88. The summed E-state index contributed by atoms with van der Waals surface area (Å²) >= 11 is 1.29. The smallest absolute Gasteiger partial charge is 0.273 e. The second-order valence-corrected chi connectivity index (χ2v) is 8.62. The molecule has 2 aromatic rings. The third-order valence-electron chi connectivity index (χ3n) is 5.62. The first-order chi connectivity index (χ1) is 14.5. The van der Waals surface area contributed by atoms with Crippen LogP contribution in [0.5, 0.6) is 0 Å². The highest BCUT2D eigenvalue weighted by Gasteiger charge is 2.26. The van der Waals surface area contributed by atoms with Crippen LogP contribution in [0, 0.1) is 5.92 Å². The van der Waals surface area contributed by atoms with Crippen molar-refractivity contribution in [2.24, 2.45) is 5.92 Å². The maximum Gasteiger partial charge on any atom is 0.273 e. The lowest BCUT2D eigenvalue weighted by atomic mass is 9.96. The highest BCUT2D eigenvalue weighted by molar-refractivity contribution is 7.22. The zero-order valence-corrected chi connectivity index (χ0v) is 17.7. The third-order valence-corrected chi connectivity index (χ3v) is 6.71. The number of anilines is 1. The molecule has 0 spiro atoms. The minimum absolute atomic E-state index is 0.0177. The number of amides is 2. The molecule has 4 rings (SSSR count). The van der Waals surface area contributed by atoms with Gasteiger partial charge in [0.05, 0.1) is 6.10 Å². The first kappa shape index (κ1) is 20.7. The molecule has 0 saturated carbocycles. The van der Waals surface area contributed by atoms with Crippen LogP contribution < -0.4 is 21.1 Å². The van der Waals surface area contributed by atoms with Gasteiger partial charge in [-0.15, -0.1) is 0 Å². The molecule has 1 unspecified atom stereocenters. The Hall–Kier alpha value is -2.53. The lowest BCUT2D eigenvalue weighted by Gasteiger charge is -2.30. The topological polar surface area (TPSA) is 118 Å². The molecular weight excluding hydrogens is 408 g/mol. The minimum atomic E-state index is -0.267. The van der Waals surface area contributed by atoms with E-state index in [2.05, 4.69) is 25.5 Å². The van der Waals surface area contributed by atoms with Crippen LogP contribution >= 0.6 is 11.3 Å². The average Bonchev–Trinajstić information content (AvgIpc) is 3.44. The zero-order valence-electron chi connectivity index (χ0n) is 16.9. The van der Waals surface area contributed by atoms with Crippen LogP contribution in [0.1, 0.15) is 25.7 Å². The fourth-order valence-electron chi connectivity index (χ4n) is 3.86. The number of hydrogen-bond donors (Lipinski definition) is 2. The highest BCUT2D eigenvalue weighted by atomic mass is 32.1. The van der Waals surface area contributed by atoms with Gasteiger partial charge >= 0.3 is 0 Å². The van der Waals surface area contributed by atoms with Crippen LogP contribution in [-0.4, -0.2) is 65.7 Å². The number of nitrogens with one attached hydrogen (secondary N) is 2. The summed E-state index contributed by atoms with van der Waals surface area (Å²) in [6, 6.07) is 0. The zero-order chi connectivity index (χ0) is 21.1. The number of carbonyl (C=O) groups excluding carboxylic acids is 2. The average molecular weight is 435 g/mol. The Labute approximate surface area is 177 Å². The van der Waals surface area contributed by atoms with Crippen LogP contribution in [0.15, 0.2) is 11.1 Å². The second kappa shape index (κ2) is 9.09. The molecule has 2 fully saturated rings. The number of rotatable bonds is 6. The molecule has 0 aliphatic carbocycles. The van der Waals surface area contributed by atoms with E-state index >= 15 is 0 Å². The van der Waals surface area contributed by atoms with Gasteiger partial charge in [-0.2, -0.15) is 4.98 Å². The highest BCUT2D eigenvalue weighted by Crippen LogP contribution is 2.29. The second-order valence-electron chi connectivity index (χ2n) is 7.64. The molecule has 0 aromatic carbocycles. The fraction of sp³-hybridized carbons (Fsp3) is 0.632. The van der Waals surface area contributed by atoms with Crippen LogP contribution in [0.4, 0.5) is 5.13 Å². The lowest BCUT2D eigenvalue weighted by Crippen LogP contribution is -2.39. The summed E-state index contributed by atoms with van der Waals surface area (Å²) in [5.41, 5.74) is 0.126. The van der Waals surface area contributed by atoms with Crippen molar-refractivity contribution in [1.82, 2.24) is 25.2 Å². The molecule has 1 atom stereocenters. The molecule has 0 radical (unpaired) electrons. The van der Waals surface area contributed by atoms with Crippen LogP contribution in [-0.2, 0) is 20.9 Å². The summed E-state index contributed by atoms with van der Waals surface area (Å²) in [7, 11) is 1.65. The van der Waals surface area contributed by atoms with E-state index < -0.39 is 0 Å². The van der Waals surface area contributed by atoms with E-state index in [9.17, 15) is 14.4 Å². The Morgan fingerprint density at radius 1 is 1.30 bits per heavy atom. The summed E-state index contributed by atoms with van der Waals surface area (Å²) in [6.45, 7) is 2.52. The van der Waals surface area contributed by atoms with Crippen molar-refractivity contribution in [3.8, 4) is 0 Å². The van der Waals surface area contributed by atoms with E-state index in [-0.39, 0.29) is 35.9 Å². The number of fused-ring (bicyclic) bond motifs is 1. The number of ether oxygens (including phenoxy) is 1. The summed E-state index contributed by atoms with van der Waals surface area (Å²) < 4.78 is 7.24. The Kier molecular flexibility index (Phi) is 6.28. The number of nitrogens with zero attached hydrogens (tertiary/aromatic N) is 4. The van der Waals surface area contributed by atoms with Gasteiger partial charge in [-0.1, -0.05) is 11.3 Å². The molecule has 2 amide bonds. The number of aromatic nitrogens is 3. The molecule has 162 valence electrons. The molecule has 2 aromatic heterocycles. The molecular formula is C19H26N6O4S. The largest absolute Gasteiger partial charge is 0.376 e. The number of hydrogen-bond acceptors (Lipinski definition) is 8. The first-order valence-electron chi connectivity index (χ1n) is 10.3. The summed E-state index contributed by atoms with van der Waals surface area (Å²) in [4.78, 5) is 47.7. The number of carbonyl (C=O) groups is 2. The Morgan fingerprint density at radius 2 is 2.10 bits per heavy atom. The predicted molar refractivity (Wildman–Crippen MR) is 113 cm³/mol. The van der Waals surface area contributed by atoms with Gasteiger partial charge in [-0.05, 0) is 25.7 Å². The molecule has 2 aliphatic rings. The lowest BCUT2D eigenvalue weighted by molar-refractivity contribution is -0.125. The Balaban J connectivity index is 1.41. The van der Waals surface area contributed by atoms with Gasteiger partial charge in [0, 0.05) is 39.2 Å². The predicted octanol–water partition coefficient (Wildman–Crippen LogP) is 0.111. The molecule has 11 heteroatoms. The van der Waals surface area contributed by atoms with Gasteiger partial charge < -0.3 is 20.3 Å². The summed E-state index contributed by atoms with van der Waals surface area (Å²) in [6.07, 6.45) is 4.88. The van der Waals surface area contributed by atoms with E-state index in [1.165, 1.54) is 22.2 Å². The van der Waals surface area contributed by atoms with Crippen LogP contribution in [0.25, 0.3) is 10.3 Å². The van der Waals surface area contributed by atoms with Gasteiger partial charge in [0.1, 0.15) is 17.6 Å². The maximum atomic E-state index is 12.8. The van der Waals surface area contributed by atoms with Gasteiger partial charge in [0.2, 0.25) is 11.8 Å². The van der Waals surface area contributed by atoms with Crippen LogP contribution in [0.2, 0.25) is 0 Å². The molecule has 2 aliphatic heterocycles. The first-order valence-corrected chi connectivity index (χ1v) is 11.1. The molecule has 2 N–H and O–H groups in total. The van der Waals surface area contributed by atoms with Gasteiger partial charge in [0.25, 0.3) is 5.56 Å². The van der Waals surface area contributed by atoms with Crippen molar-refractivity contribution in [3.63, 3.8) is 0 Å². The quantitative estimate of drug-likeness (QED) is 0.662. The van der Waals surface area contributed by atoms with Crippen molar-refractivity contribution in [3.05, 3.63) is 16.7 Å². The van der Waals surface area contributed by atoms with Crippen molar-refractivity contribution >= 4 is 38.6 Å². The van der Waals surface area contributed by atoms with E-state index in [1.807, 2.05) is 0 Å². The maximum absolute atomic E-state index is 12.8.